The summed E-state index contributed by atoms with van der Waals surface area (Å²) in [6.07, 6.45) is 2.14. The third kappa shape index (κ3) is 23.7. The van der Waals surface area contributed by atoms with E-state index in [2.05, 4.69) is 19.5 Å². The second-order valence-electron chi connectivity index (χ2n) is 8.42. The fourth-order valence-corrected chi connectivity index (χ4v) is 3.47. The maximum atomic E-state index is 11.7. The van der Waals surface area contributed by atoms with E-state index in [1.165, 1.54) is 0 Å². The summed E-state index contributed by atoms with van der Waals surface area (Å²) in [5.41, 5.74) is 10.6. The largest absolute Gasteiger partial charge is 0.480 e. The third-order valence-electron chi connectivity index (χ3n) is 5.06. The van der Waals surface area contributed by atoms with Gasteiger partial charge in [0.1, 0.15) is 19.3 Å². The Morgan fingerprint density at radius 2 is 1.20 bits per heavy atom. The number of carbonyl (C=O) groups excluding carboxylic acids is 4. The lowest BCUT2D eigenvalue weighted by Crippen LogP contribution is -2.36. The minimum atomic E-state index is -1.15. The first kappa shape index (κ1) is 37.8. The van der Waals surface area contributed by atoms with Crippen molar-refractivity contribution in [1.82, 2.24) is 19.5 Å². The highest BCUT2D eigenvalue weighted by atomic mass is 127. The number of carboxylic acids is 1. The zero-order valence-electron chi connectivity index (χ0n) is 22.6. The highest BCUT2D eigenvalue weighted by molar-refractivity contribution is 14.1. The summed E-state index contributed by atoms with van der Waals surface area (Å²) in [5.74, 6) is -2.40. The summed E-state index contributed by atoms with van der Waals surface area (Å²) in [6.45, 7) is 2.27. The summed E-state index contributed by atoms with van der Waals surface area (Å²) < 4.78 is 23.8. The monoisotopic (exact) mass is 690 g/mol. The molecule has 1 unspecified atom stereocenters. The minimum Gasteiger partial charge on any atom is -0.480 e. The lowest BCUT2D eigenvalue weighted by molar-refractivity contribution is -0.138. The van der Waals surface area contributed by atoms with E-state index in [1.807, 2.05) is 22.9 Å². The van der Waals surface area contributed by atoms with Gasteiger partial charge in [-0.2, -0.15) is 0 Å². The summed E-state index contributed by atoms with van der Waals surface area (Å²) >= 11 is 1.89. The second kappa shape index (κ2) is 25.8. The number of hydrogen-bond donors (Lipinski definition) is 7. The molecule has 16 nitrogen and oxygen atoms in total. The number of primary amides is 1. The predicted molar refractivity (Wildman–Crippen MR) is 151 cm³/mol. The Morgan fingerprint density at radius 3 is 1.70 bits per heavy atom. The Kier molecular flexibility index (Phi) is 24.4. The van der Waals surface area contributed by atoms with Gasteiger partial charge in [0.25, 0.3) is 0 Å². The topological polar surface area (TPSA) is 243 Å². The van der Waals surface area contributed by atoms with Gasteiger partial charge in [-0.1, -0.05) is 0 Å². The number of nitrogens with one attached hydrogen (secondary N) is 4. The van der Waals surface area contributed by atoms with Crippen molar-refractivity contribution < 1.29 is 48.0 Å². The fraction of sp³-hybridized carbons (Fsp3) is 0.783. The standard InChI is InChI=1S/C23H43IN6O10/c24-30-18(22(26)34)3-1-2-6-27-20(32)15-39-13-12-38-10-8-29-21(33)16-40-14-11-37-9-7-28-19(31)5-4-17(25)23(35)36/h17-18,30H,1-16,25H2,(H2,26,34)(H,27,32)(H,28,31)(H,29,33)(H,35,36)/t17-,18?/m0/s1. The molecule has 0 aromatic carbocycles. The zero-order valence-corrected chi connectivity index (χ0v) is 24.8. The number of ether oxygens (including phenoxy) is 4. The van der Waals surface area contributed by atoms with Crippen molar-refractivity contribution in [2.75, 3.05) is 72.5 Å². The molecule has 0 bridgehead atoms. The van der Waals surface area contributed by atoms with Crippen LogP contribution in [0.15, 0.2) is 0 Å². The van der Waals surface area contributed by atoms with Crippen LogP contribution in [-0.2, 0) is 42.9 Å². The van der Waals surface area contributed by atoms with E-state index in [1.54, 1.807) is 0 Å². The van der Waals surface area contributed by atoms with Crippen molar-refractivity contribution in [2.45, 2.75) is 44.2 Å². The second-order valence-corrected chi connectivity index (χ2v) is 9.05. The molecule has 0 aromatic heterocycles. The molecule has 0 radical (unpaired) electrons. The van der Waals surface area contributed by atoms with Gasteiger partial charge in [0.2, 0.25) is 23.6 Å². The molecular formula is C23H43IN6O10. The SMILES string of the molecule is NC(=O)C(CCCCNC(=O)COCCOCCNC(=O)COCCOCCNC(=O)CC[C@H](N)C(=O)O)NI. The lowest BCUT2D eigenvalue weighted by Gasteiger charge is -2.11. The van der Waals surface area contributed by atoms with Gasteiger partial charge in [0.05, 0.1) is 45.7 Å². The molecule has 4 amide bonds. The zero-order chi connectivity index (χ0) is 30.0. The molecule has 0 saturated heterocycles. The molecular weight excluding hydrogens is 647 g/mol. The van der Waals surface area contributed by atoms with Crippen LogP contribution in [0.3, 0.4) is 0 Å². The van der Waals surface area contributed by atoms with Crippen LogP contribution in [0.1, 0.15) is 32.1 Å². The summed E-state index contributed by atoms with van der Waals surface area (Å²) in [5, 5.41) is 16.6. The van der Waals surface area contributed by atoms with Gasteiger partial charge in [-0.3, -0.25) is 24.0 Å². The van der Waals surface area contributed by atoms with E-state index in [-0.39, 0.29) is 96.0 Å². The average Bonchev–Trinajstić information content (AvgIpc) is 2.91. The van der Waals surface area contributed by atoms with Crippen LogP contribution in [0, 0.1) is 0 Å². The molecule has 0 saturated carbocycles. The van der Waals surface area contributed by atoms with Crippen LogP contribution in [0.25, 0.3) is 0 Å². The number of unbranched alkanes of at least 4 members (excludes halogenated alkanes) is 1. The Bertz CT molecular complexity index is 749. The lowest BCUT2D eigenvalue weighted by atomic mass is 10.1. The maximum absolute atomic E-state index is 11.7. The van der Waals surface area contributed by atoms with E-state index in [4.69, 9.17) is 35.5 Å². The van der Waals surface area contributed by atoms with E-state index >= 15 is 0 Å². The molecule has 0 aliphatic heterocycles. The molecule has 2 atom stereocenters. The smallest absolute Gasteiger partial charge is 0.320 e. The molecule has 0 aliphatic carbocycles. The molecule has 0 aliphatic rings. The number of carboxylic acid groups (broad SMARTS) is 1. The van der Waals surface area contributed by atoms with Crippen LogP contribution in [0.5, 0.6) is 0 Å². The van der Waals surface area contributed by atoms with E-state index in [0.717, 1.165) is 12.8 Å². The molecule has 40 heavy (non-hydrogen) atoms. The van der Waals surface area contributed by atoms with E-state index < -0.39 is 17.9 Å². The number of amides is 4. The molecule has 0 heterocycles. The predicted octanol–water partition coefficient (Wildman–Crippen LogP) is -2.44. The van der Waals surface area contributed by atoms with Crippen molar-refractivity contribution in [1.29, 1.82) is 0 Å². The van der Waals surface area contributed by atoms with Gasteiger partial charge in [-0.15, -0.1) is 0 Å². The average molecular weight is 691 g/mol. The maximum Gasteiger partial charge on any atom is 0.320 e. The van der Waals surface area contributed by atoms with Crippen molar-refractivity contribution in [3.05, 3.63) is 0 Å². The third-order valence-corrected chi connectivity index (χ3v) is 5.82. The first-order valence-electron chi connectivity index (χ1n) is 12.9. The molecule has 17 heteroatoms. The number of halogens is 1. The van der Waals surface area contributed by atoms with E-state index in [9.17, 15) is 24.0 Å². The minimum absolute atomic E-state index is 0.0186. The van der Waals surface area contributed by atoms with Crippen LogP contribution in [0.2, 0.25) is 0 Å². The number of aliphatic carboxylic acids is 1. The molecule has 0 rings (SSSR count). The molecule has 0 aromatic rings. The Labute approximate surface area is 247 Å². The van der Waals surface area contributed by atoms with Gasteiger partial charge in [-0.05, 0) is 25.7 Å². The van der Waals surface area contributed by atoms with E-state index in [0.29, 0.717) is 19.5 Å². The van der Waals surface area contributed by atoms with Crippen LogP contribution in [-0.4, -0.2) is 119 Å². The quantitative estimate of drug-likeness (QED) is 0.0270. The van der Waals surface area contributed by atoms with Crippen molar-refractivity contribution in [3.8, 4) is 0 Å². The number of hydrogen-bond acceptors (Lipinski definition) is 11. The first-order valence-corrected chi connectivity index (χ1v) is 14.0. The van der Waals surface area contributed by atoms with Gasteiger partial charge < -0.3 is 51.5 Å². The van der Waals surface area contributed by atoms with Crippen molar-refractivity contribution >= 4 is 52.5 Å². The summed E-state index contributed by atoms with van der Waals surface area (Å²) in [4.78, 5) is 56.6. The summed E-state index contributed by atoms with van der Waals surface area (Å²) in [6, 6.07) is -1.44. The molecule has 0 fully saturated rings. The van der Waals surface area contributed by atoms with Crippen LogP contribution >= 0.6 is 22.9 Å². The number of nitrogens with two attached hydrogens (primary N) is 2. The van der Waals surface area contributed by atoms with Crippen LogP contribution in [0.4, 0.5) is 0 Å². The van der Waals surface area contributed by atoms with Gasteiger partial charge in [0.15, 0.2) is 0 Å². The number of rotatable bonds is 27. The molecule has 9 N–H and O–H groups in total. The fourth-order valence-electron chi connectivity index (χ4n) is 2.85. The highest BCUT2D eigenvalue weighted by Crippen LogP contribution is 2.01. The van der Waals surface area contributed by atoms with Gasteiger partial charge in [-0.25, -0.2) is 3.53 Å². The summed E-state index contributed by atoms with van der Waals surface area (Å²) in [7, 11) is 0. The van der Waals surface area contributed by atoms with Gasteiger partial charge >= 0.3 is 5.97 Å². The Morgan fingerprint density at radius 1 is 0.700 bits per heavy atom. The Balaban J connectivity index is 3.44. The van der Waals surface area contributed by atoms with Crippen molar-refractivity contribution in [3.63, 3.8) is 0 Å². The van der Waals surface area contributed by atoms with Crippen molar-refractivity contribution in [2.24, 2.45) is 11.5 Å². The van der Waals surface area contributed by atoms with Crippen LogP contribution < -0.4 is 30.9 Å². The highest BCUT2D eigenvalue weighted by Gasteiger charge is 2.13. The van der Waals surface area contributed by atoms with Gasteiger partial charge in [0, 0.05) is 48.9 Å². The normalized spacial score (nSPS) is 12.3. The number of carbonyl (C=O) groups is 5. The molecule has 0 spiro atoms. The Hall–Kier alpha value is -2.16. The first-order chi connectivity index (χ1) is 19.2. The molecule has 232 valence electrons.